The van der Waals surface area contributed by atoms with Crippen LogP contribution >= 0.6 is 0 Å². The van der Waals surface area contributed by atoms with Crippen LogP contribution in [0.5, 0.6) is 0 Å². The number of piperidine rings is 1. The van der Waals surface area contributed by atoms with Gasteiger partial charge in [0.15, 0.2) is 0 Å². The Morgan fingerprint density at radius 3 is 2.80 bits per heavy atom. The molecule has 1 atom stereocenters. The maximum Gasteiger partial charge on any atom is 0.270 e. The summed E-state index contributed by atoms with van der Waals surface area (Å²) < 4.78 is 0. The molecule has 7 heteroatoms. The lowest BCUT2D eigenvalue weighted by molar-refractivity contribution is -0.384. The molecule has 0 radical (unpaired) electrons. The molecule has 1 amide bonds. The van der Waals surface area contributed by atoms with Crippen LogP contribution in [0.25, 0.3) is 0 Å². The standard InChI is InChI=1S/C18H28N4O3/c1-14-7-4-5-11-21(14)12-6-10-19-18(23)16-13-15(22(24)25)8-9-17(16)20(2)3/h8-9,13-14H,4-7,10-12H2,1-3H3,(H,19,23)/t14-/m1/s1. The van der Waals surface area contributed by atoms with Gasteiger partial charge in [-0.3, -0.25) is 14.9 Å². The number of non-ortho nitro benzene ring substituents is 1. The minimum atomic E-state index is -0.478. The number of carbonyl (C=O) groups is 1. The van der Waals surface area contributed by atoms with E-state index in [1.807, 2.05) is 14.1 Å². The van der Waals surface area contributed by atoms with Crippen molar-refractivity contribution in [3.8, 4) is 0 Å². The van der Waals surface area contributed by atoms with Crippen molar-refractivity contribution in [1.29, 1.82) is 0 Å². The zero-order chi connectivity index (χ0) is 18.4. The maximum absolute atomic E-state index is 12.5. The third kappa shape index (κ3) is 5.16. The molecule has 0 aromatic heterocycles. The van der Waals surface area contributed by atoms with Crippen LogP contribution in [0.2, 0.25) is 0 Å². The third-order valence-electron chi connectivity index (χ3n) is 4.77. The van der Waals surface area contributed by atoms with Crippen LogP contribution < -0.4 is 10.2 Å². The number of likely N-dealkylation sites (tertiary alicyclic amines) is 1. The first-order valence-electron chi connectivity index (χ1n) is 8.88. The lowest BCUT2D eigenvalue weighted by Gasteiger charge is -2.33. The highest BCUT2D eigenvalue weighted by Gasteiger charge is 2.19. The summed E-state index contributed by atoms with van der Waals surface area (Å²) in [5.41, 5.74) is 0.941. The van der Waals surface area contributed by atoms with E-state index in [2.05, 4.69) is 17.1 Å². The summed E-state index contributed by atoms with van der Waals surface area (Å²) in [6.45, 7) is 4.92. The largest absolute Gasteiger partial charge is 0.377 e. The molecule has 1 heterocycles. The van der Waals surface area contributed by atoms with Gasteiger partial charge in [-0.15, -0.1) is 0 Å². The molecule has 0 spiro atoms. The maximum atomic E-state index is 12.5. The molecule has 0 saturated carbocycles. The SMILES string of the molecule is C[C@@H]1CCCCN1CCCNC(=O)c1cc([N+](=O)[O-])ccc1N(C)C. The molecule has 1 aromatic rings. The number of anilines is 1. The number of rotatable bonds is 7. The summed E-state index contributed by atoms with van der Waals surface area (Å²) in [5, 5.41) is 13.9. The molecular weight excluding hydrogens is 320 g/mol. The molecule has 2 rings (SSSR count). The smallest absolute Gasteiger partial charge is 0.270 e. The van der Waals surface area contributed by atoms with Gasteiger partial charge in [-0.2, -0.15) is 0 Å². The number of hydrogen-bond acceptors (Lipinski definition) is 5. The number of nitro groups is 1. The minimum absolute atomic E-state index is 0.0714. The van der Waals surface area contributed by atoms with Crippen LogP contribution in [-0.2, 0) is 0 Å². The van der Waals surface area contributed by atoms with E-state index in [4.69, 9.17) is 0 Å². The first kappa shape index (κ1) is 19.2. The Hall–Kier alpha value is -2.15. The van der Waals surface area contributed by atoms with E-state index in [0.717, 1.165) is 19.5 Å². The molecule has 1 fully saturated rings. The zero-order valence-corrected chi connectivity index (χ0v) is 15.3. The van der Waals surface area contributed by atoms with Gasteiger partial charge < -0.3 is 15.1 Å². The molecule has 1 aliphatic heterocycles. The molecule has 1 aromatic carbocycles. The molecule has 0 bridgehead atoms. The van der Waals surface area contributed by atoms with Gasteiger partial charge in [-0.1, -0.05) is 6.42 Å². The zero-order valence-electron chi connectivity index (χ0n) is 15.3. The van der Waals surface area contributed by atoms with Crippen LogP contribution in [0, 0.1) is 10.1 Å². The lowest BCUT2D eigenvalue weighted by atomic mass is 10.0. The molecule has 1 aliphatic rings. The average Bonchev–Trinajstić information content (AvgIpc) is 2.59. The van der Waals surface area contributed by atoms with E-state index in [1.54, 1.807) is 11.0 Å². The van der Waals surface area contributed by atoms with Gasteiger partial charge >= 0.3 is 0 Å². The number of nitrogens with zero attached hydrogens (tertiary/aromatic N) is 3. The quantitative estimate of drug-likeness (QED) is 0.465. The number of nitrogens with one attached hydrogen (secondary N) is 1. The molecule has 0 unspecified atom stereocenters. The number of nitro benzene ring substituents is 1. The Labute approximate surface area is 149 Å². The van der Waals surface area contributed by atoms with Crippen LogP contribution in [-0.4, -0.2) is 55.5 Å². The average molecular weight is 348 g/mol. The number of benzene rings is 1. The Morgan fingerprint density at radius 2 is 2.16 bits per heavy atom. The van der Waals surface area contributed by atoms with Gasteiger partial charge in [0.1, 0.15) is 0 Å². The van der Waals surface area contributed by atoms with Gasteiger partial charge in [0.2, 0.25) is 0 Å². The Bertz CT molecular complexity index is 618. The highest BCUT2D eigenvalue weighted by Crippen LogP contribution is 2.24. The van der Waals surface area contributed by atoms with Crippen LogP contribution in [0.15, 0.2) is 18.2 Å². The van der Waals surface area contributed by atoms with E-state index in [0.29, 0.717) is 23.8 Å². The predicted molar refractivity (Wildman–Crippen MR) is 99.3 cm³/mol. The first-order valence-corrected chi connectivity index (χ1v) is 8.88. The van der Waals surface area contributed by atoms with Gasteiger partial charge in [-0.25, -0.2) is 0 Å². The van der Waals surface area contributed by atoms with Crippen LogP contribution in [0.1, 0.15) is 43.0 Å². The highest BCUT2D eigenvalue weighted by molar-refractivity contribution is 6.00. The van der Waals surface area contributed by atoms with E-state index in [9.17, 15) is 14.9 Å². The van der Waals surface area contributed by atoms with Crippen molar-refractivity contribution < 1.29 is 9.72 Å². The lowest BCUT2D eigenvalue weighted by Crippen LogP contribution is -2.39. The summed E-state index contributed by atoms with van der Waals surface area (Å²) in [5.74, 6) is -0.265. The van der Waals surface area contributed by atoms with Crippen molar-refractivity contribution in [2.45, 2.75) is 38.6 Å². The Morgan fingerprint density at radius 1 is 1.40 bits per heavy atom. The number of amides is 1. The third-order valence-corrected chi connectivity index (χ3v) is 4.77. The topological polar surface area (TPSA) is 78.7 Å². The second kappa shape index (κ2) is 8.80. The molecule has 25 heavy (non-hydrogen) atoms. The molecule has 7 nitrogen and oxygen atoms in total. The Kier molecular flexibility index (Phi) is 6.75. The van der Waals surface area contributed by atoms with Crippen LogP contribution in [0.3, 0.4) is 0 Å². The summed E-state index contributed by atoms with van der Waals surface area (Å²) in [4.78, 5) is 27.2. The predicted octanol–water partition coefficient (Wildman–Crippen LogP) is 2.66. The van der Waals surface area contributed by atoms with Gasteiger partial charge in [-0.05, 0) is 38.8 Å². The fourth-order valence-electron chi connectivity index (χ4n) is 3.28. The number of carbonyl (C=O) groups excluding carboxylic acids is 1. The van der Waals surface area contributed by atoms with Gasteiger partial charge in [0.05, 0.1) is 10.5 Å². The summed E-state index contributed by atoms with van der Waals surface area (Å²) >= 11 is 0. The van der Waals surface area contributed by atoms with Crippen molar-refractivity contribution in [2.24, 2.45) is 0 Å². The molecule has 0 aliphatic carbocycles. The summed E-state index contributed by atoms with van der Waals surface area (Å²) in [6.07, 6.45) is 4.67. The molecule has 138 valence electrons. The van der Waals surface area contributed by atoms with Gasteiger partial charge in [0.25, 0.3) is 11.6 Å². The van der Waals surface area contributed by atoms with E-state index in [-0.39, 0.29) is 11.6 Å². The highest BCUT2D eigenvalue weighted by atomic mass is 16.6. The minimum Gasteiger partial charge on any atom is -0.377 e. The fourth-order valence-corrected chi connectivity index (χ4v) is 3.28. The molecule has 1 saturated heterocycles. The second-order valence-corrected chi connectivity index (χ2v) is 6.84. The van der Waals surface area contributed by atoms with Crippen molar-refractivity contribution in [1.82, 2.24) is 10.2 Å². The van der Waals surface area contributed by atoms with E-state index >= 15 is 0 Å². The normalized spacial score (nSPS) is 18.0. The van der Waals surface area contributed by atoms with Crippen molar-refractivity contribution >= 4 is 17.3 Å². The Balaban J connectivity index is 1.93. The van der Waals surface area contributed by atoms with Gasteiger partial charge in [0, 0.05) is 51.0 Å². The fraction of sp³-hybridized carbons (Fsp3) is 0.611. The second-order valence-electron chi connectivity index (χ2n) is 6.84. The first-order chi connectivity index (χ1) is 11.9. The van der Waals surface area contributed by atoms with Crippen molar-refractivity contribution in [2.75, 3.05) is 38.6 Å². The van der Waals surface area contributed by atoms with E-state index in [1.165, 1.54) is 31.4 Å². The number of hydrogen-bond donors (Lipinski definition) is 1. The van der Waals surface area contributed by atoms with E-state index < -0.39 is 4.92 Å². The molecule has 1 N–H and O–H groups in total. The monoisotopic (exact) mass is 348 g/mol. The van der Waals surface area contributed by atoms with Crippen LogP contribution in [0.4, 0.5) is 11.4 Å². The summed E-state index contributed by atoms with van der Waals surface area (Å²) in [6, 6.07) is 4.99. The van der Waals surface area contributed by atoms with Crippen molar-refractivity contribution in [3.05, 3.63) is 33.9 Å². The summed E-state index contributed by atoms with van der Waals surface area (Å²) in [7, 11) is 3.63. The molecular formula is C18H28N4O3. The van der Waals surface area contributed by atoms with Crippen molar-refractivity contribution in [3.63, 3.8) is 0 Å².